The van der Waals surface area contributed by atoms with Gasteiger partial charge in [0.1, 0.15) is 0 Å². The Balaban J connectivity index is 3.33. The summed E-state index contributed by atoms with van der Waals surface area (Å²) >= 11 is 1.72. The maximum atomic E-state index is 12.5. The van der Waals surface area contributed by atoms with Crippen LogP contribution in [0.4, 0.5) is 8.78 Å². The van der Waals surface area contributed by atoms with E-state index in [0.717, 1.165) is 0 Å². The van der Waals surface area contributed by atoms with Crippen LogP contribution >= 0.6 is 22.6 Å². The number of halogens is 3. The lowest BCUT2D eigenvalue weighted by Crippen LogP contribution is -2.19. The van der Waals surface area contributed by atoms with Crippen molar-refractivity contribution < 1.29 is 18.7 Å². The predicted octanol–water partition coefficient (Wildman–Crippen LogP) is 1.54. The first-order chi connectivity index (χ1) is 6.91. The summed E-state index contributed by atoms with van der Waals surface area (Å²) in [6, 6.07) is 1.23. The van der Waals surface area contributed by atoms with Crippen molar-refractivity contribution in [2.45, 2.75) is 12.8 Å². The number of H-pyrrole nitrogens is 1. The van der Waals surface area contributed by atoms with Gasteiger partial charge in [-0.15, -0.1) is 0 Å². The van der Waals surface area contributed by atoms with Crippen molar-refractivity contribution in [1.82, 2.24) is 4.98 Å². The van der Waals surface area contributed by atoms with Crippen LogP contribution in [0.25, 0.3) is 0 Å². The van der Waals surface area contributed by atoms with Crippen molar-refractivity contribution in [2.75, 3.05) is 0 Å². The molecule has 0 unspecified atom stereocenters. The molecule has 0 saturated carbocycles. The Morgan fingerprint density at radius 2 is 2.20 bits per heavy atom. The summed E-state index contributed by atoms with van der Waals surface area (Å²) in [5.74, 6) is -1.25. The number of carboxylic acid groups (broad SMARTS) is 1. The second kappa shape index (κ2) is 4.69. The molecule has 0 aliphatic carbocycles. The number of nitrogens with one attached hydrogen (secondary N) is 1. The Morgan fingerprint density at radius 1 is 1.60 bits per heavy atom. The lowest BCUT2D eigenvalue weighted by Gasteiger charge is -2.06. The fraction of sp³-hybridized carbons (Fsp3) is 0.250. The number of alkyl halides is 2. The van der Waals surface area contributed by atoms with E-state index in [-0.39, 0.29) is 5.56 Å². The van der Waals surface area contributed by atoms with Crippen LogP contribution in [0.15, 0.2) is 10.9 Å². The zero-order valence-corrected chi connectivity index (χ0v) is 9.42. The lowest BCUT2D eigenvalue weighted by molar-refractivity contribution is -0.136. The molecule has 0 aromatic carbocycles. The van der Waals surface area contributed by atoms with Gasteiger partial charge >= 0.3 is 5.97 Å². The minimum absolute atomic E-state index is 0.148. The molecule has 0 radical (unpaired) electrons. The van der Waals surface area contributed by atoms with Gasteiger partial charge in [-0.3, -0.25) is 9.59 Å². The maximum absolute atomic E-state index is 12.5. The lowest BCUT2D eigenvalue weighted by atomic mass is 10.1. The third kappa shape index (κ3) is 2.98. The highest BCUT2D eigenvalue weighted by atomic mass is 127. The van der Waals surface area contributed by atoms with E-state index in [0.29, 0.717) is 3.70 Å². The van der Waals surface area contributed by atoms with Gasteiger partial charge in [-0.1, -0.05) is 0 Å². The zero-order valence-electron chi connectivity index (χ0n) is 7.26. The van der Waals surface area contributed by atoms with Gasteiger partial charge in [0.15, 0.2) is 0 Å². The normalized spacial score (nSPS) is 10.7. The number of aliphatic carboxylic acids is 1. The topological polar surface area (TPSA) is 70.2 Å². The zero-order chi connectivity index (χ0) is 11.6. The monoisotopic (exact) mass is 329 g/mol. The van der Waals surface area contributed by atoms with Crippen LogP contribution in [0.1, 0.15) is 17.6 Å². The molecule has 1 rings (SSSR count). The van der Waals surface area contributed by atoms with Crippen molar-refractivity contribution in [3.8, 4) is 0 Å². The van der Waals surface area contributed by atoms with E-state index in [9.17, 15) is 18.4 Å². The summed E-state index contributed by atoms with van der Waals surface area (Å²) in [5.41, 5.74) is -1.85. The molecule has 0 atom stereocenters. The van der Waals surface area contributed by atoms with Crippen LogP contribution in [-0.2, 0) is 11.2 Å². The molecule has 0 fully saturated rings. The summed E-state index contributed by atoms with van der Waals surface area (Å²) in [4.78, 5) is 23.7. The van der Waals surface area contributed by atoms with Crippen molar-refractivity contribution >= 4 is 28.6 Å². The molecular weight excluding hydrogens is 323 g/mol. The van der Waals surface area contributed by atoms with Crippen molar-refractivity contribution in [2.24, 2.45) is 0 Å². The van der Waals surface area contributed by atoms with Gasteiger partial charge in [-0.25, -0.2) is 8.78 Å². The fourth-order valence-electron chi connectivity index (χ4n) is 1.14. The quantitative estimate of drug-likeness (QED) is 0.653. The van der Waals surface area contributed by atoms with E-state index in [2.05, 4.69) is 4.98 Å². The van der Waals surface area contributed by atoms with Crippen LogP contribution in [0.3, 0.4) is 0 Å². The molecular formula is C8H6F2INO3. The van der Waals surface area contributed by atoms with Crippen LogP contribution < -0.4 is 5.56 Å². The van der Waals surface area contributed by atoms with Crippen LogP contribution in [0.2, 0.25) is 0 Å². The predicted molar refractivity (Wildman–Crippen MR) is 56.1 cm³/mol. The van der Waals surface area contributed by atoms with Gasteiger partial charge in [0, 0.05) is 0 Å². The first kappa shape index (κ1) is 12.1. The Morgan fingerprint density at radius 3 is 2.67 bits per heavy atom. The average molecular weight is 329 g/mol. The molecule has 1 aromatic heterocycles. The molecule has 0 saturated heterocycles. The SMILES string of the molecule is O=C(O)Cc1cc(I)[nH]c(=O)c1C(F)F. The Bertz CT molecular complexity index is 444. The third-order valence-electron chi connectivity index (χ3n) is 1.68. The number of aromatic nitrogens is 1. The second-order valence-corrected chi connectivity index (χ2v) is 3.92. The fourth-order valence-corrected chi connectivity index (χ4v) is 1.76. The second-order valence-electron chi connectivity index (χ2n) is 2.76. The van der Waals surface area contributed by atoms with E-state index >= 15 is 0 Å². The van der Waals surface area contributed by atoms with Gasteiger partial charge < -0.3 is 10.1 Å². The number of aromatic amines is 1. The molecule has 1 heterocycles. The number of pyridine rings is 1. The standard InChI is InChI=1S/C8H6F2INO3/c9-7(10)6-3(2-5(13)14)1-4(11)12-8(6)15/h1,7H,2H2,(H,12,15)(H,13,14). The highest BCUT2D eigenvalue weighted by Crippen LogP contribution is 2.20. The molecule has 0 spiro atoms. The third-order valence-corrected chi connectivity index (χ3v) is 2.27. The summed E-state index contributed by atoms with van der Waals surface area (Å²) in [6.07, 6.45) is -3.56. The van der Waals surface area contributed by atoms with Crippen molar-refractivity contribution in [3.05, 3.63) is 31.2 Å². The smallest absolute Gasteiger partial charge is 0.307 e. The summed E-state index contributed by atoms with van der Waals surface area (Å²) < 4.78 is 25.2. The summed E-state index contributed by atoms with van der Waals surface area (Å²) in [5, 5.41) is 8.50. The molecule has 0 amide bonds. The van der Waals surface area contributed by atoms with Gasteiger partial charge in [0.05, 0.1) is 15.7 Å². The molecule has 7 heteroatoms. The number of carboxylic acids is 1. The van der Waals surface area contributed by atoms with Gasteiger partial charge in [-0.2, -0.15) is 0 Å². The Hall–Kier alpha value is -0.990. The van der Waals surface area contributed by atoms with E-state index in [1.54, 1.807) is 22.6 Å². The molecule has 0 aliphatic rings. The minimum atomic E-state index is -2.97. The van der Waals surface area contributed by atoms with Crippen LogP contribution in [0, 0.1) is 3.70 Å². The van der Waals surface area contributed by atoms with Crippen LogP contribution in [-0.4, -0.2) is 16.1 Å². The number of hydrogen-bond donors (Lipinski definition) is 2. The minimum Gasteiger partial charge on any atom is -0.481 e. The first-order valence-corrected chi connectivity index (χ1v) is 4.91. The molecule has 4 nitrogen and oxygen atoms in total. The molecule has 0 bridgehead atoms. The highest BCUT2D eigenvalue weighted by molar-refractivity contribution is 14.1. The molecule has 2 N–H and O–H groups in total. The number of rotatable bonds is 3. The summed E-state index contributed by atoms with van der Waals surface area (Å²) in [6.45, 7) is 0. The van der Waals surface area contributed by atoms with E-state index < -0.39 is 29.9 Å². The molecule has 1 aromatic rings. The Labute approximate surface area is 96.5 Å². The van der Waals surface area contributed by atoms with Crippen molar-refractivity contribution in [3.63, 3.8) is 0 Å². The van der Waals surface area contributed by atoms with E-state index in [1.807, 2.05) is 0 Å². The van der Waals surface area contributed by atoms with E-state index in [1.165, 1.54) is 6.07 Å². The number of carbonyl (C=O) groups is 1. The van der Waals surface area contributed by atoms with Gasteiger partial charge in [0.2, 0.25) is 0 Å². The molecule has 0 aliphatic heterocycles. The average Bonchev–Trinajstić information content (AvgIpc) is 1.99. The molecule has 82 valence electrons. The Kier molecular flexibility index (Phi) is 3.77. The maximum Gasteiger partial charge on any atom is 0.307 e. The largest absolute Gasteiger partial charge is 0.481 e. The highest BCUT2D eigenvalue weighted by Gasteiger charge is 2.19. The first-order valence-electron chi connectivity index (χ1n) is 3.83. The number of hydrogen-bond acceptors (Lipinski definition) is 2. The van der Waals surface area contributed by atoms with Gasteiger partial charge in [0.25, 0.3) is 12.0 Å². The molecule has 15 heavy (non-hydrogen) atoms. The van der Waals surface area contributed by atoms with E-state index in [4.69, 9.17) is 5.11 Å². The summed E-state index contributed by atoms with van der Waals surface area (Å²) in [7, 11) is 0. The van der Waals surface area contributed by atoms with Gasteiger partial charge in [-0.05, 0) is 34.2 Å². The van der Waals surface area contributed by atoms with Crippen molar-refractivity contribution in [1.29, 1.82) is 0 Å². The van der Waals surface area contributed by atoms with Crippen LogP contribution in [0.5, 0.6) is 0 Å².